The second-order valence-corrected chi connectivity index (χ2v) is 4.74. The van der Waals surface area contributed by atoms with E-state index in [-0.39, 0.29) is 5.75 Å². The van der Waals surface area contributed by atoms with Gasteiger partial charge in [-0.3, -0.25) is 0 Å². The van der Waals surface area contributed by atoms with Gasteiger partial charge in [0.1, 0.15) is 5.75 Å². The molecule has 2 aromatic rings. The minimum Gasteiger partial charge on any atom is -0.508 e. The molecule has 0 aromatic heterocycles. The smallest absolute Gasteiger partial charge is 0.161 e. The quantitative estimate of drug-likeness (QED) is 0.813. The summed E-state index contributed by atoms with van der Waals surface area (Å²) in [6.07, 6.45) is 0.962. The molecule has 0 fully saturated rings. The summed E-state index contributed by atoms with van der Waals surface area (Å²) in [4.78, 5) is 0. The van der Waals surface area contributed by atoms with Crippen molar-refractivity contribution in [1.82, 2.24) is 0 Å². The number of benzene rings is 2. The van der Waals surface area contributed by atoms with E-state index >= 15 is 0 Å². The number of rotatable bonds is 7. The van der Waals surface area contributed by atoms with Gasteiger partial charge in [0.2, 0.25) is 0 Å². The Kier molecular flexibility index (Phi) is 5.32. The lowest BCUT2D eigenvalue weighted by molar-refractivity contribution is 0.294. The van der Waals surface area contributed by atoms with E-state index in [9.17, 15) is 5.11 Å². The van der Waals surface area contributed by atoms with Crippen molar-refractivity contribution in [2.45, 2.75) is 19.9 Å². The molecule has 2 N–H and O–H groups in total. The van der Waals surface area contributed by atoms with Crippen molar-refractivity contribution in [2.24, 2.45) is 0 Å². The molecular weight excluding hydrogens is 266 g/mol. The predicted molar refractivity (Wildman–Crippen MR) is 84.2 cm³/mol. The Labute approximate surface area is 125 Å². The van der Waals surface area contributed by atoms with Crippen molar-refractivity contribution in [3.8, 4) is 17.2 Å². The Morgan fingerprint density at radius 2 is 1.95 bits per heavy atom. The van der Waals surface area contributed by atoms with Gasteiger partial charge in [0.05, 0.1) is 13.7 Å². The number of aromatic hydroxyl groups is 1. The summed E-state index contributed by atoms with van der Waals surface area (Å²) in [6, 6.07) is 12.9. The number of nitrogens with one attached hydrogen (secondary N) is 1. The lowest BCUT2D eigenvalue weighted by Gasteiger charge is -2.12. The Balaban J connectivity index is 2.03. The Bertz CT molecular complexity index is 584. The summed E-state index contributed by atoms with van der Waals surface area (Å²) >= 11 is 0. The van der Waals surface area contributed by atoms with Crippen LogP contribution in [-0.4, -0.2) is 18.8 Å². The summed E-state index contributed by atoms with van der Waals surface area (Å²) in [7, 11) is 1.64. The standard InChI is InChI=1S/C17H21NO3/c1-3-9-21-16-8-7-13(10-17(16)20-2)12-18-14-5-4-6-15(19)11-14/h4-8,10-11,18-19H,3,9,12H2,1-2H3. The Hall–Kier alpha value is -2.36. The molecule has 0 radical (unpaired) electrons. The monoisotopic (exact) mass is 287 g/mol. The summed E-state index contributed by atoms with van der Waals surface area (Å²) in [5.41, 5.74) is 1.96. The molecule has 0 saturated heterocycles. The average Bonchev–Trinajstić information content (AvgIpc) is 2.51. The topological polar surface area (TPSA) is 50.7 Å². The molecule has 4 heteroatoms. The molecule has 0 aliphatic carbocycles. The third-order valence-corrected chi connectivity index (χ3v) is 3.03. The molecule has 0 aliphatic heterocycles. The molecule has 112 valence electrons. The first kappa shape index (κ1) is 15.0. The number of anilines is 1. The van der Waals surface area contributed by atoms with Crippen LogP contribution in [0.4, 0.5) is 5.69 Å². The minimum absolute atomic E-state index is 0.251. The molecular formula is C17H21NO3. The molecule has 21 heavy (non-hydrogen) atoms. The molecule has 2 rings (SSSR count). The highest BCUT2D eigenvalue weighted by Crippen LogP contribution is 2.28. The molecule has 0 aliphatic rings. The maximum Gasteiger partial charge on any atom is 0.161 e. The number of hydrogen-bond acceptors (Lipinski definition) is 4. The summed E-state index contributed by atoms with van der Waals surface area (Å²) in [6.45, 7) is 3.39. The zero-order valence-electron chi connectivity index (χ0n) is 12.4. The minimum atomic E-state index is 0.251. The third-order valence-electron chi connectivity index (χ3n) is 3.03. The van der Waals surface area contributed by atoms with Gasteiger partial charge in [-0.25, -0.2) is 0 Å². The van der Waals surface area contributed by atoms with Gasteiger partial charge in [-0.05, 0) is 36.2 Å². The van der Waals surface area contributed by atoms with E-state index in [1.165, 1.54) is 0 Å². The third kappa shape index (κ3) is 4.31. The second-order valence-electron chi connectivity index (χ2n) is 4.74. The molecule has 4 nitrogen and oxygen atoms in total. The summed E-state index contributed by atoms with van der Waals surface area (Å²) in [5.74, 6) is 1.75. The first-order chi connectivity index (χ1) is 10.2. The highest BCUT2D eigenvalue weighted by Gasteiger charge is 2.05. The maximum atomic E-state index is 9.43. The summed E-state index contributed by atoms with van der Waals surface area (Å²) < 4.78 is 11.0. The van der Waals surface area contributed by atoms with Gasteiger partial charge >= 0.3 is 0 Å². The van der Waals surface area contributed by atoms with Gasteiger partial charge in [-0.15, -0.1) is 0 Å². The van der Waals surface area contributed by atoms with Crippen LogP contribution < -0.4 is 14.8 Å². The van der Waals surface area contributed by atoms with Crippen LogP contribution in [0, 0.1) is 0 Å². The van der Waals surface area contributed by atoms with Crippen LogP contribution in [0.3, 0.4) is 0 Å². The van der Waals surface area contributed by atoms with Crippen LogP contribution in [0.5, 0.6) is 17.2 Å². The highest BCUT2D eigenvalue weighted by molar-refractivity contribution is 5.49. The van der Waals surface area contributed by atoms with Crippen molar-refractivity contribution in [2.75, 3.05) is 19.0 Å². The van der Waals surface area contributed by atoms with Gasteiger partial charge in [-0.1, -0.05) is 19.1 Å². The molecule has 0 bridgehead atoms. The lowest BCUT2D eigenvalue weighted by Crippen LogP contribution is -2.02. The van der Waals surface area contributed by atoms with Crippen LogP contribution in [0.25, 0.3) is 0 Å². The number of methoxy groups -OCH3 is 1. The number of hydrogen-bond donors (Lipinski definition) is 2. The molecule has 0 saturated carbocycles. The maximum absolute atomic E-state index is 9.43. The van der Waals surface area contributed by atoms with Crippen molar-refractivity contribution < 1.29 is 14.6 Å². The first-order valence-corrected chi connectivity index (χ1v) is 7.05. The van der Waals surface area contributed by atoms with E-state index in [1.54, 1.807) is 25.3 Å². The zero-order valence-corrected chi connectivity index (χ0v) is 12.4. The van der Waals surface area contributed by atoms with Crippen molar-refractivity contribution >= 4 is 5.69 Å². The van der Waals surface area contributed by atoms with Crippen LogP contribution in [0.2, 0.25) is 0 Å². The van der Waals surface area contributed by atoms with E-state index in [0.29, 0.717) is 13.2 Å². The molecule has 0 amide bonds. The van der Waals surface area contributed by atoms with Crippen molar-refractivity contribution in [1.29, 1.82) is 0 Å². The van der Waals surface area contributed by atoms with Crippen LogP contribution in [0.15, 0.2) is 42.5 Å². The lowest BCUT2D eigenvalue weighted by atomic mass is 10.2. The molecule has 2 aromatic carbocycles. The van der Waals surface area contributed by atoms with Gasteiger partial charge in [0.25, 0.3) is 0 Å². The van der Waals surface area contributed by atoms with Crippen LogP contribution in [0.1, 0.15) is 18.9 Å². The van der Waals surface area contributed by atoms with E-state index in [1.807, 2.05) is 24.3 Å². The highest BCUT2D eigenvalue weighted by atomic mass is 16.5. The number of phenolic OH excluding ortho intramolecular Hbond substituents is 1. The van der Waals surface area contributed by atoms with E-state index < -0.39 is 0 Å². The van der Waals surface area contributed by atoms with E-state index in [4.69, 9.17) is 9.47 Å². The Morgan fingerprint density at radius 1 is 1.10 bits per heavy atom. The molecule has 0 atom stereocenters. The molecule has 0 spiro atoms. The van der Waals surface area contributed by atoms with E-state index in [2.05, 4.69) is 12.2 Å². The first-order valence-electron chi connectivity index (χ1n) is 7.05. The second kappa shape index (κ2) is 7.43. The number of phenols is 1. The van der Waals surface area contributed by atoms with Gasteiger partial charge in [-0.2, -0.15) is 0 Å². The predicted octanol–water partition coefficient (Wildman–Crippen LogP) is 3.80. The SMILES string of the molecule is CCCOc1ccc(CNc2cccc(O)c2)cc1OC. The molecule has 0 heterocycles. The molecule has 0 unspecified atom stereocenters. The van der Waals surface area contributed by atoms with Gasteiger partial charge in [0, 0.05) is 18.3 Å². The fourth-order valence-electron chi connectivity index (χ4n) is 1.97. The fraction of sp³-hybridized carbons (Fsp3) is 0.294. The average molecular weight is 287 g/mol. The summed E-state index contributed by atoms with van der Waals surface area (Å²) in [5, 5.41) is 12.7. The largest absolute Gasteiger partial charge is 0.508 e. The van der Waals surface area contributed by atoms with Gasteiger partial charge < -0.3 is 19.9 Å². The van der Waals surface area contributed by atoms with Crippen molar-refractivity contribution in [3.63, 3.8) is 0 Å². The number of ether oxygens (including phenoxy) is 2. The zero-order chi connectivity index (χ0) is 15.1. The normalized spacial score (nSPS) is 10.2. The van der Waals surface area contributed by atoms with Gasteiger partial charge in [0.15, 0.2) is 11.5 Å². The van der Waals surface area contributed by atoms with Crippen LogP contribution >= 0.6 is 0 Å². The fourth-order valence-corrected chi connectivity index (χ4v) is 1.97. The van der Waals surface area contributed by atoms with E-state index in [0.717, 1.165) is 29.2 Å². The Morgan fingerprint density at radius 3 is 2.67 bits per heavy atom. The van der Waals surface area contributed by atoms with Crippen LogP contribution in [-0.2, 0) is 6.54 Å². The van der Waals surface area contributed by atoms with Crippen molar-refractivity contribution in [3.05, 3.63) is 48.0 Å².